The van der Waals surface area contributed by atoms with Gasteiger partial charge in [0.25, 0.3) is 0 Å². The average Bonchev–Trinajstić information content (AvgIpc) is 2.24. The molecule has 0 unspecified atom stereocenters. The van der Waals surface area contributed by atoms with E-state index in [0.717, 1.165) is 36.8 Å². The Bertz CT molecular complexity index is 326. The van der Waals surface area contributed by atoms with Crippen LogP contribution in [-0.2, 0) is 0 Å². The van der Waals surface area contributed by atoms with Crippen LogP contribution in [-0.4, -0.2) is 22.4 Å². The molecule has 1 aromatic rings. The van der Waals surface area contributed by atoms with Crippen molar-refractivity contribution >= 4 is 17.4 Å². The second-order valence-electron chi connectivity index (χ2n) is 4.85. The van der Waals surface area contributed by atoms with Crippen LogP contribution in [0.2, 0.25) is 0 Å². The van der Waals surface area contributed by atoms with E-state index in [1.165, 1.54) is 0 Å². The maximum Gasteiger partial charge on any atom is 0.129 e. The molecule has 1 N–H and O–H groups in total. The lowest BCUT2D eigenvalue weighted by Crippen LogP contribution is -2.23. The first-order valence-electron chi connectivity index (χ1n) is 5.62. The van der Waals surface area contributed by atoms with E-state index in [2.05, 4.69) is 29.1 Å². The molecule has 16 heavy (non-hydrogen) atoms. The third-order valence-corrected chi connectivity index (χ3v) is 2.81. The van der Waals surface area contributed by atoms with E-state index in [9.17, 15) is 0 Å². The van der Waals surface area contributed by atoms with E-state index in [4.69, 9.17) is 11.6 Å². The number of nitrogens with one attached hydrogen (secondary N) is 1. The van der Waals surface area contributed by atoms with Crippen LogP contribution in [0.1, 0.15) is 32.4 Å². The van der Waals surface area contributed by atoms with Crippen molar-refractivity contribution in [3.8, 4) is 0 Å². The minimum Gasteiger partial charge on any atom is -0.369 e. The summed E-state index contributed by atoms with van der Waals surface area (Å²) in [6.45, 7) is 7.34. The number of hydrogen-bond donors (Lipinski definition) is 1. The molecule has 0 bridgehead atoms. The second-order valence-corrected chi connectivity index (χ2v) is 5.23. The lowest BCUT2D eigenvalue weighted by molar-refractivity contribution is 0.355. The van der Waals surface area contributed by atoms with Gasteiger partial charge >= 0.3 is 0 Å². The predicted octanol–water partition coefficient (Wildman–Crippen LogP) is 3.24. The van der Waals surface area contributed by atoms with Crippen LogP contribution >= 0.6 is 11.6 Å². The fraction of sp³-hybridized carbons (Fsp3) is 0.667. The van der Waals surface area contributed by atoms with E-state index < -0.39 is 0 Å². The number of aryl methyl sites for hydroxylation is 1. The van der Waals surface area contributed by atoms with Crippen LogP contribution in [0.25, 0.3) is 0 Å². The Labute approximate surface area is 103 Å². The maximum atomic E-state index is 5.70. The highest BCUT2D eigenvalue weighted by molar-refractivity contribution is 6.17. The topological polar surface area (TPSA) is 37.8 Å². The average molecular weight is 242 g/mol. The zero-order valence-corrected chi connectivity index (χ0v) is 11.0. The highest BCUT2D eigenvalue weighted by atomic mass is 35.5. The van der Waals surface area contributed by atoms with E-state index in [-0.39, 0.29) is 5.41 Å². The summed E-state index contributed by atoms with van der Waals surface area (Å²) in [5.41, 5.74) is 1.23. The van der Waals surface area contributed by atoms with Crippen LogP contribution in [0.15, 0.2) is 12.4 Å². The molecule has 0 spiro atoms. The van der Waals surface area contributed by atoms with Crippen molar-refractivity contribution in [2.45, 2.75) is 33.6 Å². The fourth-order valence-electron chi connectivity index (χ4n) is 1.51. The molecule has 0 aliphatic carbocycles. The summed E-state index contributed by atoms with van der Waals surface area (Å²) in [5.74, 6) is 1.63. The van der Waals surface area contributed by atoms with Crippen molar-refractivity contribution in [3.05, 3.63) is 18.1 Å². The molecule has 90 valence electrons. The van der Waals surface area contributed by atoms with E-state index >= 15 is 0 Å². The Morgan fingerprint density at radius 3 is 2.75 bits per heavy atom. The standard InChI is InChI=1S/C12H20ClN3/c1-10-7-11(16-9-15-10)14-8-12(2,3)5-4-6-13/h7,9H,4-6,8H2,1-3H3,(H,14,15,16). The monoisotopic (exact) mass is 241 g/mol. The van der Waals surface area contributed by atoms with Gasteiger partial charge in [0.2, 0.25) is 0 Å². The maximum absolute atomic E-state index is 5.70. The van der Waals surface area contributed by atoms with Gasteiger partial charge in [-0.15, -0.1) is 11.6 Å². The number of nitrogens with zero attached hydrogens (tertiary/aromatic N) is 2. The van der Waals surface area contributed by atoms with Crippen LogP contribution < -0.4 is 5.32 Å². The molecule has 3 nitrogen and oxygen atoms in total. The summed E-state index contributed by atoms with van der Waals surface area (Å²) in [7, 11) is 0. The highest BCUT2D eigenvalue weighted by Crippen LogP contribution is 2.22. The number of alkyl halides is 1. The lowest BCUT2D eigenvalue weighted by Gasteiger charge is -2.24. The van der Waals surface area contributed by atoms with Crippen molar-refractivity contribution in [2.24, 2.45) is 5.41 Å². The van der Waals surface area contributed by atoms with Gasteiger partial charge in [0.15, 0.2) is 0 Å². The Balaban J connectivity index is 2.44. The largest absolute Gasteiger partial charge is 0.369 e. The van der Waals surface area contributed by atoms with Gasteiger partial charge in [-0.2, -0.15) is 0 Å². The molecule has 0 aliphatic rings. The van der Waals surface area contributed by atoms with E-state index in [0.29, 0.717) is 0 Å². The van der Waals surface area contributed by atoms with Crippen LogP contribution in [0, 0.1) is 12.3 Å². The third-order valence-electron chi connectivity index (χ3n) is 2.54. The summed E-state index contributed by atoms with van der Waals surface area (Å²) in [4.78, 5) is 8.24. The highest BCUT2D eigenvalue weighted by Gasteiger charge is 2.16. The lowest BCUT2D eigenvalue weighted by atomic mass is 9.88. The summed E-state index contributed by atoms with van der Waals surface area (Å²) in [5, 5.41) is 3.34. The molecule has 0 atom stereocenters. The number of anilines is 1. The summed E-state index contributed by atoms with van der Waals surface area (Å²) in [6.07, 6.45) is 3.76. The van der Waals surface area contributed by atoms with Crippen molar-refractivity contribution in [1.29, 1.82) is 0 Å². The first-order chi connectivity index (χ1) is 7.53. The zero-order chi connectivity index (χ0) is 12.0. The van der Waals surface area contributed by atoms with Crippen LogP contribution in [0.3, 0.4) is 0 Å². The summed E-state index contributed by atoms with van der Waals surface area (Å²) < 4.78 is 0. The van der Waals surface area contributed by atoms with E-state index in [1.807, 2.05) is 13.0 Å². The second kappa shape index (κ2) is 6.04. The predicted molar refractivity (Wildman–Crippen MR) is 69.0 cm³/mol. The molecule has 0 saturated heterocycles. The van der Waals surface area contributed by atoms with Crippen molar-refractivity contribution in [3.63, 3.8) is 0 Å². The van der Waals surface area contributed by atoms with Gasteiger partial charge in [0, 0.05) is 24.2 Å². The minimum atomic E-state index is 0.244. The molecule has 0 aliphatic heterocycles. The van der Waals surface area contributed by atoms with Gasteiger partial charge in [-0.3, -0.25) is 0 Å². The van der Waals surface area contributed by atoms with Gasteiger partial charge in [-0.05, 0) is 25.2 Å². The first-order valence-corrected chi connectivity index (χ1v) is 6.15. The van der Waals surface area contributed by atoms with Crippen molar-refractivity contribution in [1.82, 2.24) is 9.97 Å². The Morgan fingerprint density at radius 1 is 1.38 bits per heavy atom. The molecule has 1 heterocycles. The summed E-state index contributed by atoms with van der Waals surface area (Å²) >= 11 is 5.70. The number of halogens is 1. The zero-order valence-electron chi connectivity index (χ0n) is 10.3. The number of hydrogen-bond acceptors (Lipinski definition) is 3. The number of aromatic nitrogens is 2. The molecule has 0 amide bonds. The van der Waals surface area contributed by atoms with Crippen LogP contribution in [0.4, 0.5) is 5.82 Å². The van der Waals surface area contributed by atoms with Gasteiger partial charge in [-0.25, -0.2) is 9.97 Å². The van der Waals surface area contributed by atoms with E-state index in [1.54, 1.807) is 6.33 Å². The molecule has 0 radical (unpaired) electrons. The smallest absolute Gasteiger partial charge is 0.129 e. The summed E-state index contributed by atoms with van der Waals surface area (Å²) in [6, 6.07) is 1.96. The van der Waals surface area contributed by atoms with Gasteiger partial charge in [0.05, 0.1) is 0 Å². The normalized spacial score (nSPS) is 11.5. The van der Waals surface area contributed by atoms with Gasteiger partial charge in [-0.1, -0.05) is 13.8 Å². The van der Waals surface area contributed by atoms with Crippen molar-refractivity contribution < 1.29 is 0 Å². The Morgan fingerprint density at radius 2 is 2.12 bits per heavy atom. The molecule has 0 fully saturated rings. The molecule has 1 rings (SSSR count). The fourth-order valence-corrected chi connectivity index (χ4v) is 1.65. The molecular weight excluding hydrogens is 222 g/mol. The molecule has 0 aromatic carbocycles. The third kappa shape index (κ3) is 4.79. The minimum absolute atomic E-state index is 0.244. The molecule has 0 saturated carbocycles. The molecular formula is C12H20ClN3. The molecule has 4 heteroatoms. The van der Waals surface area contributed by atoms with Crippen molar-refractivity contribution in [2.75, 3.05) is 17.7 Å². The Kier molecular flexibility index (Phi) is 5.00. The number of rotatable bonds is 6. The molecule has 1 aromatic heterocycles. The first kappa shape index (κ1) is 13.2. The SMILES string of the molecule is Cc1cc(NCC(C)(C)CCCCl)ncn1. The van der Waals surface area contributed by atoms with Crippen LogP contribution in [0.5, 0.6) is 0 Å². The van der Waals surface area contributed by atoms with Gasteiger partial charge < -0.3 is 5.32 Å². The van der Waals surface area contributed by atoms with Gasteiger partial charge in [0.1, 0.15) is 12.1 Å². The Hall–Kier alpha value is -0.830. The quantitative estimate of drug-likeness (QED) is 0.777.